The molecule has 16 heteroatoms. The second kappa shape index (κ2) is 10.9. The summed E-state index contributed by atoms with van der Waals surface area (Å²) in [6.07, 6.45) is -5.01. The van der Waals surface area contributed by atoms with Crippen LogP contribution in [0.2, 0.25) is 0 Å². The number of urea groups is 1. The fourth-order valence-electron chi connectivity index (χ4n) is 5.40. The molecule has 1 N–H and O–H groups in total. The molecule has 0 spiro atoms. The van der Waals surface area contributed by atoms with Gasteiger partial charge in [-0.3, -0.25) is 4.79 Å². The molecule has 0 unspecified atom stereocenters. The highest BCUT2D eigenvalue weighted by Crippen LogP contribution is 2.44. The van der Waals surface area contributed by atoms with Crippen molar-refractivity contribution in [1.82, 2.24) is 30.0 Å². The van der Waals surface area contributed by atoms with Gasteiger partial charge in [-0.1, -0.05) is 5.16 Å². The van der Waals surface area contributed by atoms with E-state index in [0.29, 0.717) is 11.3 Å². The number of halogens is 7. The third kappa shape index (κ3) is 6.45. The number of rotatable bonds is 9. The zero-order chi connectivity index (χ0) is 29.5. The van der Waals surface area contributed by atoms with Gasteiger partial charge in [-0.25, -0.2) is 31.9 Å². The largest absolute Gasteiger partial charge is 0.410 e. The summed E-state index contributed by atoms with van der Waals surface area (Å²) in [4.78, 5) is 30.8. The molecule has 2 aliphatic rings. The van der Waals surface area contributed by atoms with E-state index in [9.17, 15) is 40.3 Å². The van der Waals surface area contributed by atoms with Crippen LogP contribution in [0.1, 0.15) is 65.3 Å². The molecule has 1 aliphatic heterocycles. The Hall–Kier alpha value is -3.72. The molecule has 0 aromatic carbocycles. The summed E-state index contributed by atoms with van der Waals surface area (Å²) in [6, 6.07) is -1.33. The van der Waals surface area contributed by atoms with Crippen molar-refractivity contribution in [3.05, 3.63) is 47.2 Å². The maximum absolute atomic E-state index is 13.9. The zero-order valence-corrected chi connectivity index (χ0v) is 21.4. The minimum Gasteiger partial charge on any atom is -0.364 e. The van der Waals surface area contributed by atoms with Crippen molar-refractivity contribution >= 4 is 17.5 Å². The number of hydrogen-bond donors (Lipinski definition) is 1. The number of amides is 2. The second-order valence-electron chi connectivity index (χ2n) is 10.5. The van der Waals surface area contributed by atoms with Crippen LogP contribution in [-0.4, -0.2) is 67.6 Å². The molecule has 1 aliphatic carbocycles. The Balaban J connectivity index is 1.39. The molecule has 2 atom stereocenters. The third-order valence-electron chi connectivity index (χ3n) is 7.56. The van der Waals surface area contributed by atoms with Gasteiger partial charge in [0.25, 0.3) is 0 Å². The highest BCUT2D eigenvalue weighted by molar-refractivity contribution is 5.97. The summed E-state index contributed by atoms with van der Waals surface area (Å²) in [5, 5.41) is 9.61. The Labute approximate surface area is 228 Å². The number of carbonyl (C=O) groups is 2. The molecule has 2 fully saturated rings. The quantitative estimate of drug-likeness (QED) is 0.273. The molecule has 4 heterocycles. The topological polar surface area (TPSA) is 106 Å². The lowest BCUT2D eigenvalue weighted by atomic mass is 9.75. The molecule has 1 saturated carbocycles. The highest BCUT2D eigenvalue weighted by Gasteiger charge is 2.47. The van der Waals surface area contributed by atoms with Crippen molar-refractivity contribution < 1.29 is 44.8 Å². The number of ketones is 1. The van der Waals surface area contributed by atoms with Gasteiger partial charge in [-0.2, -0.15) is 18.3 Å². The van der Waals surface area contributed by atoms with Crippen LogP contribution < -0.4 is 5.32 Å². The molecule has 5 rings (SSSR count). The summed E-state index contributed by atoms with van der Waals surface area (Å²) in [6.45, 7) is -0.732. The van der Waals surface area contributed by atoms with Crippen molar-refractivity contribution in [2.24, 2.45) is 5.92 Å². The Kier molecular flexibility index (Phi) is 7.68. The highest BCUT2D eigenvalue weighted by atomic mass is 19.4. The second-order valence-corrected chi connectivity index (χ2v) is 10.5. The number of hydrogen-bond acceptors (Lipinski definition) is 6. The minimum absolute atomic E-state index is 0.107. The van der Waals surface area contributed by atoms with E-state index >= 15 is 0 Å². The fourth-order valence-corrected chi connectivity index (χ4v) is 5.40. The number of alkyl halides is 7. The SMILES string of the molecule is O=C(C[C@H](c1cn2ncc(CN3C[C@@H](C(F)(F)F)NC3=O)cc2n1)C1CCC(F)(F)CC1)c1conc1CC(F)F. The van der Waals surface area contributed by atoms with E-state index in [1.807, 2.05) is 5.32 Å². The normalized spacial score (nSPS) is 20.6. The zero-order valence-electron chi connectivity index (χ0n) is 21.4. The van der Waals surface area contributed by atoms with Crippen LogP contribution in [0.25, 0.3) is 5.65 Å². The number of nitrogens with zero attached hydrogens (tertiary/aromatic N) is 5. The molecular weight excluding hydrogens is 565 g/mol. The van der Waals surface area contributed by atoms with E-state index in [1.54, 1.807) is 0 Å². The lowest BCUT2D eigenvalue weighted by molar-refractivity contribution is -0.149. The molecule has 0 radical (unpaired) electrons. The molecule has 3 aromatic rings. The number of Topliss-reactive ketones (excluding diaryl/α,β-unsaturated/α-hetero) is 1. The van der Waals surface area contributed by atoms with Crippen molar-refractivity contribution in [3.63, 3.8) is 0 Å². The first-order chi connectivity index (χ1) is 19.3. The summed E-state index contributed by atoms with van der Waals surface area (Å²) >= 11 is 0. The van der Waals surface area contributed by atoms with E-state index in [2.05, 4.69) is 15.2 Å². The summed E-state index contributed by atoms with van der Waals surface area (Å²) in [7, 11) is 0. The van der Waals surface area contributed by atoms with Crippen molar-refractivity contribution in [2.75, 3.05) is 6.54 Å². The lowest BCUT2D eigenvalue weighted by Gasteiger charge is -2.32. The fraction of sp³-hybridized carbons (Fsp3) is 0.560. The van der Waals surface area contributed by atoms with Gasteiger partial charge in [-0.15, -0.1) is 0 Å². The summed E-state index contributed by atoms with van der Waals surface area (Å²) in [5.41, 5.74) is 0.729. The Morgan fingerprint density at radius 3 is 2.61 bits per heavy atom. The monoisotopic (exact) mass is 590 g/mol. The first-order valence-electron chi connectivity index (χ1n) is 12.9. The van der Waals surface area contributed by atoms with Crippen molar-refractivity contribution in [2.45, 2.75) is 75.6 Å². The van der Waals surface area contributed by atoms with Gasteiger partial charge >= 0.3 is 12.2 Å². The molecule has 222 valence electrons. The van der Waals surface area contributed by atoms with Crippen LogP contribution in [0.5, 0.6) is 0 Å². The van der Waals surface area contributed by atoms with E-state index in [1.165, 1.54) is 23.0 Å². The number of carbonyl (C=O) groups excluding carboxylic acids is 2. The van der Waals surface area contributed by atoms with Gasteiger partial charge in [0, 0.05) is 31.7 Å². The Bertz CT molecular complexity index is 1410. The number of imidazole rings is 1. The minimum atomic E-state index is -4.59. The van der Waals surface area contributed by atoms with Gasteiger partial charge in [0.05, 0.1) is 42.3 Å². The predicted octanol–water partition coefficient (Wildman–Crippen LogP) is 5.16. The van der Waals surface area contributed by atoms with Gasteiger partial charge in [-0.05, 0) is 30.4 Å². The van der Waals surface area contributed by atoms with Crippen LogP contribution in [0, 0.1) is 5.92 Å². The van der Waals surface area contributed by atoms with Crippen LogP contribution in [-0.2, 0) is 13.0 Å². The van der Waals surface area contributed by atoms with Crippen LogP contribution in [0.3, 0.4) is 0 Å². The summed E-state index contributed by atoms with van der Waals surface area (Å²) < 4.78 is 98.9. The number of fused-ring (bicyclic) bond motifs is 1. The van der Waals surface area contributed by atoms with Crippen LogP contribution in [0.15, 0.2) is 29.2 Å². The first-order valence-corrected chi connectivity index (χ1v) is 12.9. The smallest absolute Gasteiger partial charge is 0.364 e. The number of aromatic nitrogens is 4. The van der Waals surface area contributed by atoms with Gasteiger partial charge < -0.3 is 14.7 Å². The summed E-state index contributed by atoms with van der Waals surface area (Å²) in [5.74, 6) is -4.40. The average molecular weight is 591 g/mol. The van der Waals surface area contributed by atoms with Gasteiger partial charge in [0.15, 0.2) is 11.4 Å². The maximum Gasteiger partial charge on any atom is 0.410 e. The van der Waals surface area contributed by atoms with Crippen molar-refractivity contribution in [1.29, 1.82) is 0 Å². The predicted molar refractivity (Wildman–Crippen MR) is 127 cm³/mol. The first kappa shape index (κ1) is 28.8. The molecule has 3 aromatic heterocycles. The lowest BCUT2D eigenvalue weighted by Crippen LogP contribution is -2.40. The van der Waals surface area contributed by atoms with Gasteiger partial charge in [0.1, 0.15) is 12.3 Å². The van der Waals surface area contributed by atoms with Crippen LogP contribution >= 0.6 is 0 Å². The molecule has 9 nitrogen and oxygen atoms in total. The van der Waals surface area contributed by atoms with E-state index in [4.69, 9.17) is 4.52 Å². The standard InChI is InChI=1S/C25H25F7N6O3/c26-21(27)7-17-16(12-41-36-17)19(39)6-15(14-1-3-24(28,29)4-2-14)18-10-38-22(34-18)5-13(8-33-38)9-37-11-20(25(30,31)32)35-23(37)40/h5,8,10,12,14-15,20-21H,1-4,6-7,9,11H2,(H,35,40)/t15-,20-/m0/s1. The molecule has 0 bridgehead atoms. The van der Waals surface area contributed by atoms with Crippen LogP contribution in [0.4, 0.5) is 35.5 Å². The van der Waals surface area contributed by atoms with E-state index < -0.39 is 55.3 Å². The van der Waals surface area contributed by atoms with E-state index in [0.717, 1.165) is 11.2 Å². The molecule has 1 saturated heterocycles. The average Bonchev–Trinajstić information content (AvgIpc) is 3.61. The third-order valence-corrected chi connectivity index (χ3v) is 7.56. The van der Waals surface area contributed by atoms with Crippen molar-refractivity contribution in [3.8, 4) is 0 Å². The molecular formula is C25H25F7N6O3. The maximum atomic E-state index is 13.9. The van der Waals surface area contributed by atoms with Gasteiger partial charge in [0.2, 0.25) is 12.3 Å². The van der Waals surface area contributed by atoms with E-state index in [-0.39, 0.29) is 61.5 Å². The molecule has 41 heavy (non-hydrogen) atoms. The Morgan fingerprint density at radius 1 is 1.22 bits per heavy atom. The number of nitrogens with one attached hydrogen (secondary N) is 1. The Morgan fingerprint density at radius 2 is 1.95 bits per heavy atom. The molecule has 2 amide bonds.